The second-order valence-corrected chi connectivity index (χ2v) is 3.81. The van der Waals surface area contributed by atoms with Crippen molar-refractivity contribution in [1.29, 1.82) is 0 Å². The molecule has 1 aromatic rings. The molecule has 0 atom stereocenters. The molecule has 4 N–H and O–H groups in total. The summed E-state index contributed by atoms with van der Waals surface area (Å²) in [6, 6.07) is 1.47. The van der Waals surface area contributed by atoms with E-state index in [0.29, 0.717) is 6.54 Å². The molecule has 19 heavy (non-hydrogen) atoms. The van der Waals surface area contributed by atoms with Crippen LogP contribution < -0.4 is 16.4 Å². The normalized spacial score (nSPS) is 10.1. The van der Waals surface area contributed by atoms with Gasteiger partial charge in [0.2, 0.25) is 5.91 Å². The number of carbonyl (C=O) groups is 2. The summed E-state index contributed by atoms with van der Waals surface area (Å²) >= 11 is 0. The minimum atomic E-state index is -1.15. The summed E-state index contributed by atoms with van der Waals surface area (Å²) in [5, 5.41) is 4.97. The number of anilines is 1. The highest BCUT2D eigenvalue weighted by molar-refractivity contribution is 5.99. The lowest BCUT2D eigenvalue weighted by Gasteiger charge is -2.08. The minimum Gasteiger partial charge on any atom is -0.398 e. The number of benzene rings is 1. The molecule has 0 aromatic heterocycles. The third-order valence-electron chi connectivity index (χ3n) is 2.35. The van der Waals surface area contributed by atoms with Crippen LogP contribution in [-0.4, -0.2) is 24.9 Å². The molecule has 5 nitrogen and oxygen atoms in total. The van der Waals surface area contributed by atoms with E-state index in [-0.39, 0.29) is 30.1 Å². The number of nitrogen functional groups attached to an aromatic ring is 1. The molecule has 0 radical (unpaired) electrons. The zero-order valence-corrected chi connectivity index (χ0v) is 10.4. The van der Waals surface area contributed by atoms with E-state index in [2.05, 4.69) is 10.6 Å². The van der Waals surface area contributed by atoms with Gasteiger partial charge in [0, 0.05) is 31.3 Å². The van der Waals surface area contributed by atoms with Gasteiger partial charge in [-0.05, 0) is 13.0 Å². The van der Waals surface area contributed by atoms with Crippen LogP contribution in [0.2, 0.25) is 0 Å². The van der Waals surface area contributed by atoms with E-state index in [9.17, 15) is 18.4 Å². The molecule has 0 bridgehead atoms. The van der Waals surface area contributed by atoms with Crippen LogP contribution in [0.25, 0.3) is 0 Å². The zero-order valence-electron chi connectivity index (χ0n) is 10.4. The van der Waals surface area contributed by atoms with Gasteiger partial charge in [0.15, 0.2) is 11.6 Å². The largest absolute Gasteiger partial charge is 0.398 e. The highest BCUT2D eigenvalue weighted by atomic mass is 19.2. The monoisotopic (exact) mass is 271 g/mol. The molecular formula is C12H15F2N3O2. The molecule has 0 spiro atoms. The fraction of sp³-hybridized carbons (Fsp3) is 0.333. The average Bonchev–Trinajstić information content (AvgIpc) is 2.34. The first-order valence-electron chi connectivity index (χ1n) is 5.75. The lowest BCUT2D eigenvalue weighted by Crippen LogP contribution is -2.31. The van der Waals surface area contributed by atoms with Crippen LogP contribution in [0.5, 0.6) is 0 Å². The maximum atomic E-state index is 13.0. The van der Waals surface area contributed by atoms with Crippen LogP contribution in [0.15, 0.2) is 12.1 Å². The summed E-state index contributed by atoms with van der Waals surface area (Å²) in [7, 11) is 0. The van der Waals surface area contributed by atoms with Crippen molar-refractivity contribution < 1.29 is 18.4 Å². The van der Waals surface area contributed by atoms with Crippen molar-refractivity contribution in [3.8, 4) is 0 Å². The molecular weight excluding hydrogens is 256 g/mol. The van der Waals surface area contributed by atoms with Crippen LogP contribution in [0.1, 0.15) is 23.7 Å². The fourth-order valence-electron chi connectivity index (χ4n) is 1.43. The Hall–Kier alpha value is -2.18. The lowest BCUT2D eigenvalue weighted by atomic mass is 10.1. The summed E-state index contributed by atoms with van der Waals surface area (Å²) in [6.45, 7) is 2.37. The Kier molecular flexibility index (Phi) is 5.23. The van der Waals surface area contributed by atoms with E-state index >= 15 is 0 Å². The second kappa shape index (κ2) is 6.67. The molecule has 1 rings (SSSR count). The Balaban J connectivity index is 2.59. The Morgan fingerprint density at radius 3 is 2.47 bits per heavy atom. The van der Waals surface area contributed by atoms with Gasteiger partial charge in [-0.2, -0.15) is 0 Å². The smallest absolute Gasteiger partial charge is 0.253 e. The van der Waals surface area contributed by atoms with Crippen molar-refractivity contribution in [2.24, 2.45) is 0 Å². The number of rotatable bonds is 5. The number of carbonyl (C=O) groups excluding carboxylic acids is 2. The molecule has 0 aliphatic heterocycles. The van der Waals surface area contributed by atoms with Gasteiger partial charge in [-0.25, -0.2) is 8.78 Å². The van der Waals surface area contributed by atoms with E-state index in [1.165, 1.54) is 0 Å². The van der Waals surface area contributed by atoms with Crippen molar-refractivity contribution >= 4 is 17.5 Å². The molecule has 0 unspecified atom stereocenters. The molecule has 0 aliphatic rings. The van der Waals surface area contributed by atoms with Crippen LogP contribution in [-0.2, 0) is 4.79 Å². The van der Waals surface area contributed by atoms with E-state index in [1.54, 1.807) is 6.92 Å². The van der Waals surface area contributed by atoms with Crippen LogP contribution in [0.3, 0.4) is 0 Å². The highest BCUT2D eigenvalue weighted by Crippen LogP contribution is 2.16. The van der Waals surface area contributed by atoms with Gasteiger partial charge in [0.05, 0.1) is 5.56 Å². The molecule has 0 saturated heterocycles. The highest BCUT2D eigenvalue weighted by Gasteiger charge is 2.14. The van der Waals surface area contributed by atoms with E-state index in [0.717, 1.165) is 12.1 Å². The van der Waals surface area contributed by atoms with Gasteiger partial charge in [-0.3, -0.25) is 9.59 Å². The number of nitrogens with two attached hydrogens (primary N) is 1. The van der Waals surface area contributed by atoms with Crippen LogP contribution in [0, 0.1) is 11.6 Å². The van der Waals surface area contributed by atoms with Crippen molar-refractivity contribution in [2.75, 3.05) is 18.8 Å². The fourth-order valence-corrected chi connectivity index (χ4v) is 1.43. The Bertz CT molecular complexity index is 492. The van der Waals surface area contributed by atoms with Crippen molar-refractivity contribution in [3.63, 3.8) is 0 Å². The van der Waals surface area contributed by atoms with Crippen LogP contribution >= 0.6 is 0 Å². The Morgan fingerprint density at radius 1 is 1.21 bits per heavy atom. The van der Waals surface area contributed by atoms with Crippen molar-refractivity contribution in [1.82, 2.24) is 10.6 Å². The van der Waals surface area contributed by atoms with Gasteiger partial charge in [0.25, 0.3) is 5.91 Å². The maximum Gasteiger partial charge on any atom is 0.253 e. The summed E-state index contributed by atoms with van der Waals surface area (Å²) < 4.78 is 25.8. The minimum absolute atomic E-state index is 0.0864. The molecule has 0 aliphatic carbocycles. The van der Waals surface area contributed by atoms with E-state index in [4.69, 9.17) is 5.73 Å². The Morgan fingerprint density at radius 2 is 1.84 bits per heavy atom. The molecule has 1 aromatic carbocycles. The number of nitrogens with one attached hydrogen (secondary N) is 2. The van der Waals surface area contributed by atoms with Gasteiger partial charge in [0.1, 0.15) is 0 Å². The number of hydrogen-bond acceptors (Lipinski definition) is 3. The molecule has 2 amide bonds. The van der Waals surface area contributed by atoms with Gasteiger partial charge >= 0.3 is 0 Å². The van der Waals surface area contributed by atoms with Crippen molar-refractivity contribution in [2.45, 2.75) is 13.3 Å². The quantitative estimate of drug-likeness (QED) is 0.693. The third kappa shape index (κ3) is 4.20. The third-order valence-corrected chi connectivity index (χ3v) is 2.35. The second-order valence-electron chi connectivity index (χ2n) is 3.81. The number of hydrogen-bond donors (Lipinski definition) is 3. The van der Waals surface area contributed by atoms with Crippen molar-refractivity contribution in [3.05, 3.63) is 29.3 Å². The topological polar surface area (TPSA) is 84.2 Å². The van der Waals surface area contributed by atoms with E-state index < -0.39 is 17.5 Å². The summed E-state index contributed by atoms with van der Waals surface area (Å²) in [4.78, 5) is 22.8. The van der Waals surface area contributed by atoms with Crippen LogP contribution in [0.4, 0.5) is 14.5 Å². The zero-order chi connectivity index (χ0) is 14.4. The van der Waals surface area contributed by atoms with Gasteiger partial charge < -0.3 is 16.4 Å². The summed E-state index contributed by atoms with van der Waals surface area (Å²) in [5.74, 6) is -3.12. The summed E-state index contributed by atoms with van der Waals surface area (Å²) in [6.07, 6.45) is 0.100. The molecule has 0 heterocycles. The molecule has 104 valence electrons. The average molecular weight is 271 g/mol. The molecule has 0 fully saturated rings. The SMILES string of the molecule is CCNC(=O)CCNC(=O)c1cc(F)c(F)cc1N. The molecule has 7 heteroatoms. The predicted molar refractivity (Wildman–Crippen MR) is 66.4 cm³/mol. The standard InChI is InChI=1S/C12H15F2N3O2/c1-2-16-11(18)3-4-17-12(19)7-5-8(13)9(14)6-10(7)15/h5-6H,2-4,15H2,1H3,(H,16,18)(H,17,19). The number of halogens is 2. The first-order chi connectivity index (χ1) is 8.95. The number of amides is 2. The van der Waals surface area contributed by atoms with Gasteiger partial charge in [-0.15, -0.1) is 0 Å². The maximum absolute atomic E-state index is 13.0. The first-order valence-corrected chi connectivity index (χ1v) is 5.75. The first kappa shape index (κ1) is 14.9. The van der Waals surface area contributed by atoms with E-state index in [1.807, 2.05) is 0 Å². The molecule has 0 saturated carbocycles. The summed E-state index contributed by atoms with van der Waals surface area (Å²) in [5.41, 5.74) is 5.11. The van der Waals surface area contributed by atoms with Gasteiger partial charge in [-0.1, -0.05) is 0 Å². The Labute approximate surface area is 109 Å². The predicted octanol–water partition coefficient (Wildman–Crippen LogP) is 0.803. The lowest BCUT2D eigenvalue weighted by molar-refractivity contribution is -0.120.